The van der Waals surface area contributed by atoms with Gasteiger partial charge in [-0.1, -0.05) is 23.5 Å². The van der Waals surface area contributed by atoms with E-state index in [9.17, 15) is 29.5 Å². The number of nitrogens with one attached hydrogen (secondary N) is 1. The number of benzene rings is 1. The van der Waals surface area contributed by atoms with Gasteiger partial charge in [0.25, 0.3) is 0 Å². The van der Waals surface area contributed by atoms with E-state index in [1.807, 2.05) is 0 Å². The minimum Gasteiger partial charge on any atom is -0.612 e. The largest absolute Gasteiger partial charge is 0.612 e. The molecule has 1 fully saturated rings. The number of carbonyl (C=O) groups excluding carboxylic acids is 1. The number of nitrogens with zero attached hydrogens (tertiary/aromatic N) is 2. The highest BCUT2D eigenvalue weighted by molar-refractivity contribution is 7.10. The Bertz CT molecular complexity index is 1250. The number of hydrogen-bond acceptors (Lipinski definition) is 8. The van der Waals surface area contributed by atoms with Crippen LogP contribution in [0.1, 0.15) is 4.88 Å². The van der Waals surface area contributed by atoms with E-state index in [-0.39, 0.29) is 40.2 Å². The predicted molar refractivity (Wildman–Crippen MR) is 108 cm³/mol. The van der Waals surface area contributed by atoms with Gasteiger partial charge in [-0.15, -0.1) is 0 Å². The van der Waals surface area contributed by atoms with Crippen LogP contribution in [0.2, 0.25) is 0 Å². The van der Waals surface area contributed by atoms with E-state index < -0.39 is 33.9 Å². The number of carbonyl (C=O) groups is 1. The standard InChI is InChI=1S/C19H13FN3O7S/c20-11-3-1-2-4-12(11)21-17(24)8-22-18(25)16(31-19(22)26)6-10-5-14-15(30-9-29-14)7-13(10)23(27)28/h1-7H,8-9H2,(H2-,21,24,25,27,28)/q-1. The molecule has 2 N–H and O–H groups in total. The number of ether oxygens (including phenoxy) is 2. The fourth-order valence-corrected chi connectivity index (χ4v) is 3.74. The predicted octanol–water partition coefficient (Wildman–Crippen LogP) is 2.01. The molecule has 0 spiro atoms. The molecule has 0 atom stereocenters. The Morgan fingerprint density at radius 2 is 2.00 bits per heavy atom. The molecule has 1 aromatic carbocycles. The topological polar surface area (TPSA) is 139 Å². The number of allylic oxidation sites excluding steroid dienone is 3. The Morgan fingerprint density at radius 1 is 1.29 bits per heavy atom. The van der Waals surface area contributed by atoms with Crippen LogP contribution in [0.3, 0.4) is 0 Å². The number of hydrogen-bond donors (Lipinski definition) is 2. The van der Waals surface area contributed by atoms with Crippen LogP contribution in [-0.2, 0) is 20.8 Å². The van der Waals surface area contributed by atoms with Gasteiger partial charge in [0.05, 0.1) is 22.2 Å². The Balaban J connectivity index is 1.62. The van der Waals surface area contributed by atoms with Crippen molar-refractivity contribution in [3.8, 4) is 5.88 Å². The average molecular weight is 446 g/mol. The van der Waals surface area contributed by atoms with Crippen molar-refractivity contribution in [3.63, 3.8) is 0 Å². The molecular weight excluding hydrogens is 433 g/mol. The van der Waals surface area contributed by atoms with Gasteiger partial charge in [-0.25, -0.2) is 4.39 Å². The summed E-state index contributed by atoms with van der Waals surface area (Å²) < 4.78 is 24.8. The summed E-state index contributed by atoms with van der Waals surface area (Å²) in [6.07, 6.45) is 3.79. The van der Waals surface area contributed by atoms with Crippen LogP contribution in [0.5, 0.6) is 5.88 Å². The zero-order chi connectivity index (χ0) is 22.1. The number of thiazole rings is 1. The summed E-state index contributed by atoms with van der Waals surface area (Å²) in [5, 5.41) is 35.5. The molecule has 12 heteroatoms. The van der Waals surface area contributed by atoms with Gasteiger partial charge in [0.2, 0.25) is 24.3 Å². The highest BCUT2D eigenvalue weighted by atomic mass is 32.1. The van der Waals surface area contributed by atoms with Crippen molar-refractivity contribution in [1.82, 2.24) is 4.57 Å². The molecule has 0 unspecified atom stereocenters. The normalized spacial score (nSPS) is 16.2. The van der Waals surface area contributed by atoms with E-state index in [1.54, 1.807) is 0 Å². The summed E-state index contributed by atoms with van der Waals surface area (Å²) in [5.41, 5.74) is -0.305. The molecule has 1 saturated heterocycles. The van der Waals surface area contributed by atoms with Crippen molar-refractivity contribution in [2.24, 2.45) is 0 Å². The van der Waals surface area contributed by atoms with E-state index in [0.29, 0.717) is 11.3 Å². The first-order valence-corrected chi connectivity index (χ1v) is 9.55. The van der Waals surface area contributed by atoms with Crippen LogP contribution in [0.25, 0.3) is 6.08 Å². The maximum Gasteiger partial charge on any atom is 0.311 e. The van der Waals surface area contributed by atoms with Gasteiger partial charge >= 0.3 is 4.87 Å². The summed E-state index contributed by atoms with van der Waals surface area (Å²) in [6.45, 7) is -0.658. The van der Waals surface area contributed by atoms with Gasteiger partial charge in [0, 0.05) is 0 Å². The number of fused-ring (bicyclic) bond motifs is 1. The molecule has 1 aliphatic carbocycles. The lowest BCUT2D eigenvalue weighted by atomic mass is 10.0. The van der Waals surface area contributed by atoms with Gasteiger partial charge < -0.3 is 30.3 Å². The SMILES string of the molecule is O=C(Cn1c(O)c(C=C2C=C3OCOC3=CC2=[N+]([O-])[O-])sc1=O)Nc1ccccc1F. The van der Waals surface area contributed by atoms with Gasteiger partial charge in [0.1, 0.15) is 12.4 Å². The maximum absolute atomic E-state index is 13.7. The number of para-hydroxylation sites is 1. The Morgan fingerprint density at radius 3 is 2.71 bits per heavy atom. The molecule has 4 rings (SSSR count). The number of halogens is 1. The van der Waals surface area contributed by atoms with Gasteiger partial charge in [-0.05, 0) is 24.3 Å². The number of aromatic hydroxyl groups is 1. The number of amides is 1. The molecule has 31 heavy (non-hydrogen) atoms. The summed E-state index contributed by atoms with van der Waals surface area (Å²) >= 11 is 0.594. The van der Waals surface area contributed by atoms with E-state index in [1.165, 1.54) is 36.4 Å². The van der Waals surface area contributed by atoms with Crippen LogP contribution in [0.4, 0.5) is 10.1 Å². The highest BCUT2D eigenvalue weighted by Gasteiger charge is 2.28. The monoisotopic (exact) mass is 446 g/mol. The Hall–Kier alpha value is -4.06. The van der Waals surface area contributed by atoms with Crippen molar-refractivity contribution in [1.29, 1.82) is 0 Å². The zero-order valence-electron chi connectivity index (χ0n) is 15.5. The second kappa shape index (κ2) is 7.99. The van der Waals surface area contributed by atoms with E-state index in [2.05, 4.69) is 5.32 Å². The second-order valence-corrected chi connectivity index (χ2v) is 7.33. The molecule has 0 radical (unpaired) electrons. The molecule has 0 saturated carbocycles. The lowest BCUT2D eigenvalue weighted by molar-refractivity contribution is -0.377. The molecule has 2 heterocycles. The van der Waals surface area contributed by atoms with Crippen LogP contribution >= 0.6 is 11.3 Å². The maximum atomic E-state index is 13.7. The van der Waals surface area contributed by atoms with Crippen molar-refractivity contribution < 1.29 is 28.7 Å². The van der Waals surface area contributed by atoms with Gasteiger partial charge in [-0.2, -0.15) is 4.90 Å². The van der Waals surface area contributed by atoms with Crippen molar-refractivity contribution in [2.45, 2.75) is 6.54 Å². The molecule has 10 nitrogen and oxygen atoms in total. The minimum absolute atomic E-state index is 0.00524. The molecule has 1 aromatic heterocycles. The summed E-state index contributed by atoms with van der Waals surface area (Å²) in [4.78, 5) is 23.2. The summed E-state index contributed by atoms with van der Waals surface area (Å²) in [7, 11) is 0. The molecule has 160 valence electrons. The second-order valence-electron chi connectivity index (χ2n) is 6.34. The van der Waals surface area contributed by atoms with Crippen molar-refractivity contribution in [3.05, 3.63) is 84.3 Å². The van der Waals surface area contributed by atoms with E-state index >= 15 is 0 Å². The molecule has 1 aliphatic heterocycles. The van der Waals surface area contributed by atoms with Crippen LogP contribution in [0, 0.1) is 16.2 Å². The fourth-order valence-electron chi connectivity index (χ4n) is 2.91. The number of aromatic nitrogens is 1. The third kappa shape index (κ3) is 4.00. The van der Waals surface area contributed by atoms with Crippen LogP contribution in [0.15, 0.2) is 58.3 Å². The van der Waals surface area contributed by atoms with Crippen molar-refractivity contribution in [2.75, 3.05) is 12.1 Å². The first-order chi connectivity index (χ1) is 14.8. The third-order valence-corrected chi connectivity index (χ3v) is 5.26. The average Bonchev–Trinajstić information content (AvgIpc) is 3.28. The lowest BCUT2D eigenvalue weighted by Crippen LogP contribution is -2.24. The third-order valence-electron chi connectivity index (χ3n) is 4.35. The Kier molecular flexibility index (Phi) is 5.21. The molecule has 2 aliphatic rings. The number of anilines is 1. The fraction of sp³-hybridized carbons (Fsp3) is 0.105. The number of rotatable bonds is 4. The summed E-state index contributed by atoms with van der Waals surface area (Å²) in [6, 6.07) is 5.49. The zero-order valence-corrected chi connectivity index (χ0v) is 16.3. The van der Waals surface area contributed by atoms with Gasteiger partial charge in [-0.3, -0.25) is 14.2 Å². The Labute approximate surface area is 177 Å². The van der Waals surface area contributed by atoms with Crippen molar-refractivity contribution >= 4 is 34.7 Å². The summed E-state index contributed by atoms with van der Waals surface area (Å²) in [5.74, 6) is -1.44. The first kappa shape index (κ1) is 20.2. The van der Waals surface area contributed by atoms with E-state index in [4.69, 9.17) is 9.47 Å². The molecular formula is C19H13FN3O7S-. The van der Waals surface area contributed by atoms with Crippen LogP contribution < -0.4 is 10.2 Å². The minimum atomic E-state index is -0.735. The smallest absolute Gasteiger partial charge is 0.311 e. The van der Waals surface area contributed by atoms with E-state index in [0.717, 1.165) is 10.6 Å². The highest BCUT2D eigenvalue weighted by Crippen LogP contribution is 2.31. The molecule has 2 aromatic rings. The van der Waals surface area contributed by atoms with Crippen LogP contribution in [-0.4, -0.2) is 33.0 Å². The van der Waals surface area contributed by atoms with Gasteiger partial charge in [0.15, 0.2) is 11.5 Å². The molecule has 0 bridgehead atoms. The quantitative estimate of drug-likeness (QED) is 0.541. The molecule has 1 amide bonds. The lowest BCUT2D eigenvalue weighted by Gasteiger charge is -2.13. The first-order valence-electron chi connectivity index (χ1n) is 8.73.